The van der Waals surface area contributed by atoms with E-state index < -0.39 is 45.8 Å². The van der Waals surface area contributed by atoms with Gasteiger partial charge in [0.15, 0.2) is 0 Å². The van der Waals surface area contributed by atoms with Gasteiger partial charge in [-0.25, -0.2) is 8.78 Å². The third-order valence-corrected chi connectivity index (χ3v) is 7.22. The van der Waals surface area contributed by atoms with Crippen LogP contribution in [-0.2, 0) is 38.1 Å². The van der Waals surface area contributed by atoms with Crippen LogP contribution in [0.3, 0.4) is 0 Å². The van der Waals surface area contributed by atoms with Gasteiger partial charge in [-0.15, -0.1) is 0 Å². The molecule has 0 bridgehead atoms. The highest BCUT2D eigenvalue weighted by molar-refractivity contribution is 7.87. The topological polar surface area (TPSA) is 105 Å². The maximum Gasteiger partial charge on any atom is 0.297 e. The SMILES string of the molecule is Cc1ccc(S(=O)(=O)OC(CF)COCCOCC(CF)OS(=O)(=O)c2ccc(C)cc2)cc1. The molecule has 0 amide bonds. The van der Waals surface area contributed by atoms with Crippen molar-refractivity contribution in [1.29, 1.82) is 0 Å². The van der Waals surface area contributed by atoms with Crippen LogP contribution in [0.25, 0.3) is 0 Å². The standard InChI is InChI=1S/C22H28F2O8S2/c1-17-3-7-21(8-4-17)33(25,26)31-19(13-23)15-29-11-12-30-16-20(14-24)32-34(27,28)22-9-5-18(2)6-10-22/h3-10,19-20H,11-16H2,1-2H3. The molecule has 0 saturated carbocycles. The van der Waals surface area contributed by atoms with E-state index in [0.29, 0.717) is 0 Å². The Kier molecular flexibility index (Phi) is 11.0. The van der Waals surface area contributed by atoms with Crippen LogP contribution in [0.4, 0.5) is 8.78 Å². The molecule has 0 aliphatic heterocycles. The monoisotopic (exact) mass is 522 g/mol. The first kappa shape index (κ1) is 28.3. The van der Waals surface area contributed by atoms with Crippen LogP contribution in [0.1, 0.15) is 11.1 Å². The Labute approximate surface area is 199 Å². The highest BCUT2D eigenvalue weighted by Gasteiger charge is 2.23. The van der Waals surface area contributed by atoms with Crippen molar-refractivity contribution in [3.8, 4) is 0 Å². The van der Waals surface area contributed by atoms with Crippen molar-refractivity contribution in [3.63, 3.8) is 0 Å². The molecule has 0 saturated heterocycles. The average molecular weight is 523 g/mol. The Morgan fingerprint density at radius 3 is 1.26 bits per heavy atom. The summed E-state index contributed by atoms with van der Waals surface area (Å²) in [4.78, 5) is -0.199. The molecule has 190 valence electrons. The number of benzene rings is 2. The molecule has 2 unspecified atom stereocenters. The zero-order valence-corrected chi connectivity index (χ0v) is 20.5. The fourth-order valence-electron chi connectivity index (χ4n) is 2.62. The van der Waals surface area contributed by atoms with Gasteiger partial charge in [0.25, 0.3) is 20.2 Å². The minimum absolute atomic E-state index is 0.0891. The first-order valence-electron chi connectivity index (χ1n) is 10.3. The second kappa shape index (κ2) is 13.2. The molecule has 0 fully saturated rings. The number of rotatable bonds is 15. The lowest BCUT2D eigenvalue weighted by molar-refractivity contribution is -0.0126. The van der Waals surface area contributed by atoms with Gasteiger partial charge in [-0.05, 0) is 38.1 Å². The number of halogens is 2. The van der Waals surface area contributed by atoms with Crippen LogP contribution in [0.5, 0.6) is 0 Å². The number of hydrogen-bond donors (Lipinski definition) is 0. The van der Waals surface area contributed by atoms with E-state index in [2.05, 4.69) is 0 Å². The van der Waals surface area contributed by atoms with Gasteiger partial charge in [0.2, 0.25) is 0 Å². The van der Waals surface area contributed by atoms with Gasteiger partial charge < -0.3 is 9.47 Å². The van der Waals surface area contributed by atoms with Crippen molar-refractivity contribution in [1.82, 2.24) is 0 Å². The molecule has 0 radical (unpaired) electrons. The van der Waals surface area contributed by atoms with Crippen LogP contribution >= 0.6 is 0 Å². The quantitative estimate of drug-likeness (QED) is 0.260. The predicted molar refractivity (Wildman–Crippen MR) is 120 cm³/mol. The first-order chi connectivity index (χ1) is 16.1. The van der Waals surface area contributed by atoms with Crippen molar-refractivity contribution < 1.29 is 43.5 Å². The van der Waals surface area contributed by atoms with E-state index in [0.717, 1.165) is 11.1 Å². The van der Waals surface area contributed by atoms with E-state index >= 15 is 0 Å². The van der Waals surface area contributed by atoms with E-state index in [9.17, 15) is 25.6 Å². The molecule has 0 aliphatic rings. The van der Waals surface area contributed by atoms with Gasteiger partial charge in [-0.2, -0.15) is 16.8 Å². The molecule has 0 aliphatic carbocycles. The third-order valence-electron chi connectivity index (χ3n) is 4.47. The Morgan fingerprint density at radius 1 is 0.647 bits per heavy atom. The lowest BCUT2D eigenvalue weighted by Crippen LogP contribution is -2.28. The summed E-state index contributed by atoms with van der Waals surface area (Å²) >= 11 is 0. The first-order valence-corrected chi connectivity index (χ1v) is 13.2. The molecule has 0 spiro atoms. The van der Waals surface area contributed by atoms with Gasteiger partial charge in [0.1, 0.15) is 25.6 Å². The van der Waals surface area contributed by atoms with Crippen molar-refractivity contribution >= 4 is 20.2 Å². The van der Waals surface area contributed by atoms with E-state index in [-0.39, 0.29) is 36.2 Å². The van der Waals surface area contributed by atoms with Crippen LogP contribution < -0.4 is 0 Å². The summed E-state index contributed by atoms with van der Waals surface area (Å²) in [5.74, 6) is 0. The predicted octanol–water partition coefficient (Wildman–Crippen LogP) is 3.12. The minimum Gasteiger partial charge on any atom is -0.376 e. The van der Waals surface area contributed by atoms with Gasteiger partial charge >= 0.3 is 0 Å². The van der Waals surface area contributed by atoms with Crippen molar-refractivity contribution in [2.45, 2.75) is 35.8 Å². The summed E-state index contributed by atoms with van der Waals surface area (Å²) in [6.45, 7) is 0.486. The maximum absolute atomic E-state index is 13.2. The molecule has 12 heteroatoms. The summed E-state index contributed by atoms with van der Waals surface area (Å²) in [7, 11) is -8.32. The highest BCUT2D eigenvalue weighted by atomic mass is 32.2. The minimum atomic E-state index is -4.16. The molecule has 8 nitrogen and oxygen atoms in total. The van der Waals surface area contributed by atoms with Gasteiger partial charge in [0, 0.05) is 0 Å². The van der Waals surface area contributed by atoms with Crippen LogP contribution in [-0.4, -0.2) is 68.8 Å². The molecule has 2 atom stereocenters. The average Bonchev–Trinajstić information content (AvgIpc) is 2.80. The second-order valence-corrected chi connectivity index (χ2v) is 10.6. The van der Waals surface area contributed by atoms with E-state index in [1.54, 1.807) is 38.1 Å². The molecule has 0 N–H and O–H groups in total. The second-order valence-electron chi connectivity index (χ2n) is 7.43. The Morgan fingerprint density at radius 2 is 0.971 bits per heavy atom. The van der Waals surface area contributed by atoms with Gasteiger partial charge in [0.05, 0.1) is 36.2 Å². The molecular weight excluding hydrogens is 494 g/mol. The van der Waals surface area contributed by atoms with E-state index in [1.807, 2.05) is 0 Å². The van der Waals surface area contributed by atoms with Crippen molar-refractivity contribution in [3.05, 3.63) is 59.7 Å². The van der Waals surface area contributed by atoms with E-state index in [1.165, 1.54) is 24.3 Å². The zero-order chi connectivity index (χ0) is 25.2. The number of hydrogen-bond acceptors (Lipinski definition) is 8. The van der Waals surface area contributed by atoms with Gasteiger partial charge in [-0.3, -0.25) is 8.37 Å². The molecule has 0 aromatic heterocycles. The smallest absolute Gasteiger partial charge is 0.297 e. The van der Waals surface area contributed by atoms with Crippen molar-refractivity contribution in [2.24, 2.45) is 0 Å². The molecular formula is C22H28F2O8S2. The zero-order valence-electron chi connectivity index (χ0n) is 18.9. The normalized spacial score (nSPS) is 14.1. The highest BCUT2D eigenvalue weighted by Crippen LogP contribution is 2.17. The summed E-state index contributed by atoms with van der Waals surface area (Å²) in [6, 6.07) is 11.8. The Bertz CT molecular complexity index is 999. The van der Waals surface area contributed by atoms with Crippen LogP contribution in [0.2, 0.25) is 0 Å². The Balaban J connectivity index is 1.73. The largest absolute Gasteiger partial charge is 0.376 e. The fourth-order valence-corrected chi connectivity index (χ4v) is 4.71. The van der Waals surface area contributed by atoms with Crippen LogP contribution in [0.15, 0.2) is 58.3 Å². The number of aryl methyl sites for hydroxylation is 2. The Hall–Kier alpha value is -1.96. The number of alkyl halides is 2. The summed E-state index contributed by atoms with van der Waals surface area (Å²) in [5.41, 5.74) is 1.72. The molecule has 0 heterocycles. The molecule has 2 rings (SSSR count). The maximum atomic E-state index is 13.2. The third kappa shape index (κ3) is 9.01. The molecule has 34 heavy (non-hydrogen) atoms. The molecule has 2 aromatic carbocycles. The summed E-state index contributed by atoms with van der Waals surface area (Å²) in [5, 5.41) is 0. The van der Waals surface area contributed by atoms with Crippen molar-refractivity contribution in [2.75, 3.05) is 39.8 Å². The fraction of sp³-hybridized carbons (Fsp3) is 0.455. The number of ether oxygens (including phenoxy) is 2. The summed E-state index contributed by atoms with van der Waals surface area (Å²) < 4.78 is 95.4. The lowest BCUT2D eigenvalue weighted by Gasteiger charge is -2.16. The van der Waals surface area contributed by atoms with E-state index in [4.69, 9.17) is 17.8 Å². The van der Waals surface area contributed by atoms with Crippen LogP contribution in [0, 0.1) is 13.8 Å². The summed E-state index contributed by atoms with van der Waals surface area (Å²) in [6.07, 6.45) is -2.71. The molecule has 2 aromatic rings. The van der Waals surface area contributed by atoms with Gasteiger partial charge in [-0.1, -0.05) is 35.4 Å². The lowest BCUT2D eigenvalue weighted by atomic mass is 10.2.